The molecular formula is C31H40ClN9O3. The van der Waals surface area contributed by atoms with Crippen LogP contribution in [0, 0.1) is 0 Å². The van der Waals surface area contributed by atoms with E-state index in [1.807, 2.05) is 45.2 Å². The third kappa shape index (κ3) is 7.48. The largest absolute Gasteiger partial charge is 0.487 e. The number of hydrogen-bond acceptors (Lipinski definition) is 10. The molecule has 1 saturated carbocycles. The van der Waals surface area contributed by atoms with E-state index >= 15 is 0 Å². The van der Waals surface area contributed by atoms with Crippen LogP contribution in [0.15, 0.2) is 49.4 Å². The Morgan fingerprint density at radius 1 is 1.00 bits per heavy atom. The summed E-state index contributed by atoms with van der Waals surface area (Å²) in [5.41, 5.74) is 2.49. The van der Waals surface area contributed by atoms with E-state index in [-0.39, 0.29) is 12.2 Å². The van der Waals surface area contributed by atoms with Gasteiger partial charge in [0.2, 0.25) is 5.95 Å². The number of nitrogens with one attached hydrogen (secondary N) is 1. The zero-order chi connectivity index (χ0) is 30.5. The van der Waals surface area contributed by atoms with E-state index in [1.165, 1.54) is 6.33 Å². The summed E-state index contributed by atoms with van der Waals surface area (Å²) in [5.74, 6) is 1.60. The van der Waals surface area contributed by atoms with Gasteiger partial charge in [-0.05, 0) is 64.2 Å². The van der Waals surface area contributed by atoms with E-state index in [4.69, 9.17) is 30.9 Å². The highest BCUT2D eigenvalue weighted by molar-refractivity contribution is 6.32. The first-order valence-corrected chi connectivity index (χ1v) is 15.7. The molecule has 2 fully saturated rings. The lowest BCUT2D eigenvalue weighted by molar-refractivity contribution is 0.00502. The number of halogens is 1. The third-order valence-electron chi connectivity index (χ3n) is 8.05. The number of nitrogens with zero attached hydrogens (tertiary/aromatic N) is 8. The Bertz CT molecular complexity index is 1480. The highest BCUT2D eigenvalue weighted by Gasteiger charge is 2.29. The molecule has 1 aliphatic carbocycles. The minimum Gasteiger partial charge on any atom is -0.487 e. The minimum atomic E-state index is -0.157. The highest BCUT2D eigenvalue weighted by Crippen LogP contribution is 2.35. The Balaban J connectivity index is 1.12. The molecule has 0 amide bonds. The first-order chi connectivity index (χ1) is 21.4. The summed E-state index contributed by atoms with van der Waals surface area (Å²) in [5, 5.41) is 12.8. The van der Waals surface area contributed by atoms with Gasteiger partial charge in [-0.1, -0.05) is 17.7 Å². The summed E-state index contributed by atoms with van der Waals surface area (Å²) < 4.78 is 21.5. The van der Waals surface area contributed by atoms with Gasteiger partial charge < -0.3 is 19.5 Å². The smallest absolute Gasteiger partial charge is 0.257 e. The fraction of sp³-hybridized carbons (Fsp3) is 0.516. The predicted octanol–water partition coefficient (Wildman–Crippen LogP) is 5.40. The van der Waals surface area contributed by atoms with Crippen LogP contribution in [0.1, 0.15) is 52.5 Å². The highest BCUT2D eigenvalue weighted by atomic mass is 35.5. The zero-order valence-corrected chi connectivity index (χ0v) is 26.2. The van der Waals surface area contributed by atoms with Crippen LogP contribution in [0.25, 0.3) is 11.1 Å². The van der Waals surface area contributed by atoms with Gasteiger partial charge in [0.05, 0.1) is 43.1 Å². The van der Waals surface area contributed by atoms with Gasteiger partial charge in [0.25, 0.3) is 5.88 Å². The fourth-order valence-corrected chi connectivity index (χ4v) is 6.03. The van der Waals surface area contributed by atoms with E-state index in [0.29, 0.717) is 41.2 Å². The Labute approximate surface area is 262 Å². The molecule has 6 rings (SSSR count). The minimum absolute atomic E-state index is 0.0144. The number of aromatic nitrogens is 7. The summed E-state index contributed by atoms with van der Waals surface area (Å²) in [4.78, 5) is 15.8. The van der Waals surface area contributed by atoms with Gasteiger partial charge in [-0.25, -0.2) is 19.6 Å². The van der Waals surface area contributed by atoms with Crippen molar-refractivity contribution < 1.29 is 14.2 Å². The fourth-order valence-electron chi connectivity index (χ4n) is 5.87. The SMILES string of the molecule is CC(C)Oc1nn(C2CCC(N3CCOCC3)CC2)cc1Nc1ncc(-c2ccc(Cl)c(O[C@@H](C)Cn3cncn3)c2)cn1. The number of ether oxygens (including phenoxy) is 3. The van der Waals surface area contributed by atoms with Crippen molar-refractivity contribution in [3.8, 4) is 22.8 Å². The Morgan fingerprint density at radius 3 is 2.45 bits per heavy atom. The van der Waals surface area contributed by atoms with Crippen molar-refractivity contribution in [2.75, 3.05) is 31.6 Å². The van der Waals surface area contributed by atoms with E-state index in [9.17, 15) is 0 Å². The van der Waals surface area contributed by atoms with E-state index in [0.717, 1.165) is 68.8 Å². The molecule has 234 valence electrons. The molecule has 3 aromatic heterocycles. The van der Waals surface area contributed by atoms with Crippen LogP contribution >= 0.6 is 11.6 Å². The molecule has 4 heterocycles. The number of rotatable bonds is 11. The van der Waals surface area contributed by atoms with Gasteiger partial charge in [0, 0.05) is 37.1 Å². The summed E-state index contributed by atoms with van der Waals surface area (Å²) in [6.07, 6.45) is 13.1. The lowest BCUT2D eigenvalue weighted by atomic mass is 9.90. The Kier molecular flexibility index (Phi) is 9.58. The van der Waals surface area contributed by atoms with E-state index in [2.05, 4.69) is 34.9 Å². The molecule has 0 bridgehead atoms. The van der Waals surface area contributed by atoms with Crippen LogP contribution in [0.5, 0.6) is 11.6 Å². The molecule has 2 aliphatic rings. The topological polar surface area (TPSA) is 117 Å². The predicted molar refractivity (Wildman–Crippen MR) is 168 cm³/mol. The second-order valence-corrected chi connectivity index (χ2v) is 12.1. The van der Waals surface area contributed by atoms with Crippen molar-refractivity contribution >= 4 is 23.2 Å². The Hall–Kier alpha value is -3.74. The molecule has 13 heteroatoms. The van der Waals surface area contributed by atoms with E-state index in [1.54, 1.807) is 23.4 Å². The van der Waals surface area contributed by atoms with Gasteiger partial charge >= 0.3 is 0 Å². The normalized spacial score (nSPS) is 20.0. The summed E-state index contributed by atoms with van der Waals surface area (Å²) >= 11 is 6.45. The average molecular weight is 622 g/mol. The second-order valence-electron chi connectivity index (χ2n) is 11.7. The average Bonchev–Trinajstić information content (AvgIpc) is 3.69. The Morgan fingerprint density at radius 2 is 1.75 bits per heavy atom. The van der Waals surface area contributed by atoms with Crippen molar-refractivity contribution in [2.24, 2.45) is 0 Å². The van der Waals surface area contributed by atoms with Crippen LogP contribution in [0.2, 0.25) is 5.02 Å². The zero-order valence-electron chi connectivity index (χ0n) is 25.5. The second kappa shape index (κ2) is 13.9. The van der Waals surface area contributed by atoms with Gasteiger partial charge in [-0.3, -0.25) is 9.58 Å². The number of benzene rings is 1. The number of anilines is 2. The van der Waals surface area contributed by atoms with Crippen molar-refractivity contribution in [2.45, 2.75) is 77.3 Å². The van der Waals surface area contributed by atoms with Crippen molar-refractivity contribution in [3.63, 3.8) is 0 Å². The number of morpholine rings is 1. The quantitative estimate of drug-likeness (QED) is 0.233. The molecule has 4 aromatic rings. The monoisotopic (exact) mass is 621 g/mol. The van der Waals surface area contributed by atoms with Gasteiger partial charge in [-0.15, -0.1) is 5.10 Å². The molecule has 44 heavy (non-hydrogen) atoms. The maximum absolute atomic E-state index is 6.45. The van der Waals surface area contributed by atoms with Crippen LogP contribution in [0.3, 0.4) is 0 Å². The summed E-state index contributed by atoms with van der Waals surface area (Å²) in [6, 6.07) is 6.61. The summed E-state index contributed by atoms with van der Waals surface area (Å²) in [7, 11) is 0. The lowest BCUT2D eigenvalue weighted by Gasteiger charge is -2.38. The van der Waals surface area contributed by atoms with Gasteiger partial charge in [0.15, 0.2) is 0 Å². The van der Waals surface area contributed by atoms with Crippen molar-refractivity contribution in [1.29, 1.82) is 0 Å². The maximum atomic E-state index is 6.45. The summed E-state index contributed by atoms with van der Waals surface area (Å²) in [6.45, 7) is 10.3. The van der Waals surface area contributed by atoms with Crippen LogP contribution in [-0.2, 0) is 11.3 Å². The first kappa shape index (κ1) is 30.3. The van der Waals surface area contributed by atoms with Gasteiger partial charge in [0.1, 0.15) is 30.2 Å². The lowest BCUT2D eigenvalue weighted by Crippen LogP contribution is -2.45. The third-order valence-corrected chi connectivity index (χ3v) is 8.36. The molecular weight excluding hydrogens is 582 g/mol. The molecule has 12 nitrogen and oxygen atoms in total. The van der Waals surface area contributed by atoms with Gasteiger partial charge in [-0.2, -0.15) is 5.10 Å². The molecule has 0 radical (unpaired) electrons. The molecule has 1 aliphatic heterocycles. The van der Waals surface area contributed by atoms with Crippen LogP contribution in [0.4, 0.5) is 11.6 Å². The molecule has 0 spiro atoms. The molecule has 1 saturated heterocycles. The van der Waals surface area contributed by atoms with E-state index < -0.39 is 0 Å². The number of hydrogen-bond donors (Lipinski definition) is 1. The molecule has 1 atom stereocenters. The first-order valence-electron chi connectivity index (χ1n) is 15.4. The van der Waals surface area contributed by atoms with Crippen LogP contribution < -0.4 is 14.8 Å². The standard InChI is InChI=1S/C31H40ClN9O3/c1-21(2)43-30-28(18-41(38-30)26-7-5-25(6-8-26)39-10-12-42-13-11-39)37-31-34-15-24(16-35-31)23-4-9-27(32)29(14-23)44-22(3)17-40-20-33-19-36-40/h4,9,14-16,18-22,25-26H,5-8,10-13,17H2,1-3H3,(H,34,35,37)/t22-,25?,26?/m0/s1. The molecule has 1 aromatic carbocycles. The van der Waals surface area contributed by atoms with Crippen molar-refractivity contribution in [3.05, 3.63) is 54.5 Å². The van der Waals surface area contributed by atoms with Crippen LogP contribution in [-0.4, -0.2) is 84.0 Å². The maximum Gasteiger partial charge on any atom is 0.257 e. The molecule has 0 unspecified atom stereocenters. The molecule has 1 N–H and O–H groups in total. The van der Waals surface area contributed by atoms with Crippen molar-refractivity contribution in [1.82, 2.24) is 39.4 Å².